The van der Waals surface area contributed by atoms with E-state index in [9.17, 15) is 5.11 Å². The third-order valence-electron chi connectivity index (χ3n) is 10.4. The van der Waals surface area contributed by atoms with Gasteiger partial charge in [0.05, 0.1) is 6.10 Å². The molecule has 28 heavy (non-hydrogen) atoms. The molecule has 0 radical (unpaired) electrons. The Morgan fingerprint density at radius 1 is 0.964 bits per heavy atom. The molecule has 1 N–H and O–H groups in total. The minimum absolute atomic E-state index is 0.332. The normalized spacial score (nSPS) is 47.8. The number of aliphatic hydroxyl groups is 1. The van der Waals surface area contributed by atoms with Crippen molar-refractivity contribution in [2.75, 3.05) is 0 Å². The molecule has 4 fully saturated rings. The lowest BCUT2D eigenvalue weighted by molar-refractivity contribution is -0.116. The van der Waals surface area contributed by atoms with Crippen molar-refractivity contribution in [1.29, 1.82) is 0 Å². The average molecular weight is 385 g/mol. The molecule has 2 unspecified atom stereocenters. The van der Waals surface area contributed by atoms with Crippen molar-refractivity contribution in [2.24, 2.45) is 46.3 Å². The Morgan fingerprint density at radius 2 is 1.71 bits per heavy atom. The van der Waals surface area contributed by atoms with Crippen molar-refractivity contribution in [3.05, 3.63) is 24.3 Å². The molecule has 0 heterocycles. The van der Waals surface area contributed by atoms with Gasteiger partial charge in [-0.25, -0.2) is 0 Å². The molecule has 158 valence electrons. The van der Waals surface area contributed by atoms with Crippen molar-refractivity contribution < 1.29 is 5.11 Å². The van der Waals surface area contributed by atoms with Crippen LogP contribution in [0.15, 0.2) is 24.3 Å². The molecule has 4 aliphatic rings. The van der Waals surface area contributed by atoms with Crippen LogP contribution in [-0.2, 0) is 0 Å². The summed E-state index contributed by atoms with van der Waals surface area (Å²) in [7, 11) is 0. The first kappa shape index (κ1) is 20.7. The van der Waals surface area contributed by atoms with Crippen LogP contribution >= 0.6 is 0 Å². The fraction of sp³-hybridized carbons (Fsp3) is 0.852. The van der Waals surface area contributed by atoms with Gasteiger partial charge in [-0.05, 0) is 105 Å². The van der Waals surface area contributed by atoms with Gasteiger partial charge in [0.2, 0.25) is 0 Å². The lowest BCUT2D eigenvalue weighted by Gasteiger charge is -2.61. The molecule has 0 aliphatic heterocycles. The van der Waals surface area contributed by atoms with Crippen LogP contribution in [0.5, 0.6) is 0 Å². The standard InChI is InChI=1S/C27H44O/c1-18(2)9-14-25(28)19(3)22-12-13-23-21-11-10-20-8-6-7-16-26(20,4)24(21)15-17-27(22,23)5/h9,14,19-25,28H,1,6-8,10-13,15-17H2,2-5H3/t19-,20?,21-,22+,23-,24-,25?,26-,27+/m0/s1. The summed E-state index contributed by atoms with van der Waals surface area (Å²) in [4.78, 5) is 0. The van der Waals surface area contributed by atoms with Gasteiger partial charge in [0.15, 0.2) is 0 Å². The zero-order valence-corrected chi connectivity index (χ0v) is 18.9. The van der Waals surface area contributed by atoms with E-state index in [2.05, 4.69) is 27.4 Å². The number of hydrogen-bond acceptors (Lipinski definition) is 1. The van der Waals surface area contributed by atoms with E-state index >= 15 is 0 Å². The van der Waals surface area contributed by atoms with Crippen molar-refractivity contribution in [1.82, 2.24) is 0 Å². The van der Waals surface area contributed by atoms with Gasteiger partial charge in [-0.1, -0.05) is 57.9 Å². The van der Waals surface area contributed by atoms with Gasteiger partial charge in [0.1, 0.15) is 0 Å². The molecule has 4 saturated carbocycles. The average Bonchev–Trinajstić information content (AvgIpc) is 3.02. The highest BCUT2D eigenvalue weighted by Gasteiger charge is 2.60. The molecule has 0 aromatic rings. The second kappa shape index (κ2) is 7.60. The summed E-state index contributed by atoms with van der Waals surface area (Å²) in [6.45, 7) is 13.5. The van der Waals surface area contributed by atoms with Gasteiger partial charge in [-0.2, -0.15) is 0 Å². The summed E-state index contributed by atoms with van der Waals surface area (Å²) in [6, 6.07) is 0. The molecule has 4 rings (SSSR count). The highest BCUT2D eigenvalue weighted by atomic mass is 16.3. The van der Waals surface area contributed by atoms with Gasteiger partial charge in [-0.15, -0.1) is 0 Å². The van der Waals surface area contributed by atoms with E-state index in [1.807, 2.05) is 19.1 Å². The Hall–Kier alpha value is -0.560. The highest BCUT2D eigenvalue weighted by Crippen LogP contribution is 2.68. The smallest absolute Gasteiger partial charge is 0.0752 e. The third kappa shape index (κ3) is 3.24. The molecule has 0 aromatic heterocycles. The molecule has 1 heteroatoms. The number of fused-ring (bicyclic) bond motifs is 5. The maximum atomic E-state index is 10.8. The Kier molecular flexibility index (Phi) is 5.62. The molecule has 0 saturated heterocycles. The van der Waals surface area contributed by atoms with Crippen molar-refractivity contribution in [3.8, 4) is 0 Å². The molecular formula is C27H44O. The van der Waals surface area contributed by atoms with Crippen LogP contribution in [0.4, 0.5) is 0 Å². The van der Waals surface area contributed by atoms with Crippen LogP contribution in [0.1, 0.15) is 91.9 Å². The number of aliphatic hydroxyl groups excluding tert-OH is 1. The minimum atomic E-state index is -0.332. The Labute approximate surface area is 174 Å². The fourth-order valence-corrected chi connectivity index (χ4v) is 8.88. The van der Waals surface area contributed by atoms with Crippen LogP contribution in [-0.4, -0.2) is 11.2 Å². The Balaban J connectivity index is 1.53. The SMILES string of the molecule is C=C(C)C=CC(O)[C@@H](C)[C@H]1CC[C@H]2[C@@H]3CCC4CCCC[C@]4(C)[C@H]3CC[C@]12C. The molecule has 0 aromatic carbocycles. The number of allylic oxidation sites excluding steroid dienone is 2. The van der Waals surface area contributed by atoms with Gasteiger partial charge in [0, 0.05) is 0 Å². The zero-order valence-electron chi connectivity index (χ0n) is 18.9. The van der Waals surface area contributed by atoms with Crippen molar-refractivity contribution in [2.45, 2.75) is 98.0 Å². The van der Waals surface area contributed by atoms with E-state index in [-0.39, 0.29) is 6.10 Å². The lowest BCUT2D eigenvalue weighted by Crippen LogP contribution is -2.53. The Bertz CT molecular complexity index is 620. The summed E-state index contributed by atoms with van der Waals surface area (Å²) in [5, 5.41) is 10.8. The predicted molar refractivity (Wildman–Crippen MR) is 119 cm³/mol. The van der Waals surface area contributed by atoms with Gasteiger partial charge in [0.25, 0.3) is 0 Å². The topological polar surface area (TPSA) is 20.2 Å². The second-order valence-corrected chi connectivity index (χ2v) is 11.7. The summed E-state index contributed by atoms with van der Waals surface area (Å²) in [5.74, 6) is 4.86. The van der Waals surface area contributed by atoms with E-state index < -0.39 is 0 Å². The van der Waals surface area contributed by atoms with E-state index in [1.54, 1.807) is 0 Å². The van der Waals surface area contributed by atoms with Crippen LogP contribution in [0.3, 0.4) is 0 Å². The zero-order chi connectivity index (χ0) is 20.1. The second-order valence-electron chi connectivity index (χ2n) is 11.7. The molecule has 0 spiro atoms. The molecule has 0 amide bonds. The van der Waals surface area contributed by atoms with E-state index in [4.69, 9.17) is 0 Å². The minimum Gasteiger partial charge on any atom is -0.389 e. The maximum absolute atomic E-state index is 10.8. The fourth-order valence-electron chi connectivity index (χ4n) is 8.88. The molecule has 1 nitrogen and oxygen atoms in total. The molecule has 4 aliphatic carbocycles. The summed E-state index contributed by atoms with van der Waals surface area (Å²) in [5.41, 5.74) is 2.10. The Morgan fingerprint density at radius 3 is 2.46 bits per heavy atom. The van der Waals surface area contributed by atoms with E-state index in [1.165, 1.54) is 64.2 Å². The largest absolute Gasteiger partial charge is 0.389 e. The van der Waals surface area contributed by atoms with Gasteiger partial charge < -0.3 is 5.11 Å². The summed E-state index contributed by atoms with van der Waals surface area (Å²) < 4.78 is 0. The van der Waals surface area contributed by atoms with E-state index in [0.717, 1.165) is 29.2 Å². The van der Waals surface area contributed by atoms with E-state index in [0.29, 0.717) is 22.7 Å². The van der Waals surface area contributed by atoms with Crippen LogP contribution in [0.2, 0.25) is 0 Å². The number of hydrogen-bond donors (Lipinski definition) is 1. The molecule has 0 bridgehead atoms. The first-order chi connectivity index (χ1) is 13.3. The predicted octanol–water partition coefficient (Wildman–Crippen LogP) is 7.16. The van der Waals surface area contributed by atoms with Gasteiger partial charge >= 0.3 is 0 Å². The van der Waals surface area contributed by atoms with Crippen molar-refractivity contribution >= 4 is 0 Å². The van der Waals surface area contributed by atoms with Crippen molar-refractivity contribution in [3.63, 3.8) is 0 Å². The first-order valence-corrected chi connectivity index (χ1v) is 12.3. The quantitative estimate of drug-likeness (QED) is 0.510. The maximum Gasteiger partial charge on any atom is 0.0752 e. The third-order valence-corrected chi connectivity index (χ3v) is 10.4. The lowest BCUT2D eigenvalue weighted by atomic mass is 9.44. The highest BCUT2D eigenvalue weighted by molar-refractivity contribution is 5.14. The first-order valence-electron chi connectivity index (χ1n) is 12.3. The van der Waals surface area contributed by atoms with Crippen LogP contribution in [0.25, 0.3) is 0 Å². The van der Waals surface area contributed by atoms with Crippen LogP contribution < -0.4 is 0 Å². The monoisotopic (exact) mass is 384 g/mol. The summed E-state index contributed by atoms with van der Waals surface area (Å²) >= 11 is 0. The number of rotatable bonds is 4. The summed E-state index contributed by atoms with van der Waals surface area (Å²) in [6.07, 6.45) is 18.2. The van der Waals surface area contributed by atoms with Gasteiger partial charge in [-0.3, -0.25) is 0 Å². The van der Waals surface area contributed by atoms with Crippen LogP contribution in [0, 0.1) is 46.3 Å². The molecule has 9 atom stereocenters. The molecular weight excluding hydrogens is 340 g/mol.